The first-order valence-electron chi connectivity index (χ1n) is 7.93. The molecule has 0 radical (unpaired) electrons. The monoisotopic (exact) mass is 347 g/mol. The molecule has 0 spiro atoms. The van der Waals surface area contributed by atoms with E-state index in [9.17, 15) is 18.0 Å². The van der Waals surface area contributed by atoms with Gasteiger partial charge in [-0.25, -0.2) is 13.2 Å². The normalized spacial score (nSPS) is 30.0. The number of piperazine rings is 1. The van der Waals surface area contributed by atoms with Crippen LogP contribution in [-0.2, 0) is 14.8 Å². The van der Waals surface area contributed by atoms with Crippen molar-refractivity contribution in [2.75, 3.05) is 25.9 Å². The molecular formula is C14H25N3O5S. The molecule has 0 aromatic heterocycles. The summed E-state index contributed by atoms with van der Waals surface area (Å²) in [6.07, 6.45) is 3.68. The molecule has 1 saturated heterocycles. The number of hydrogen-bond acceptors (Lipinski definition) is 4. The molecule has 0 aromatic carbocycles. The summed E-state index contributed by atoms with van der Waals surface area (Å²) in [7, 11) is -3.25. The molecule has 1 heterocycles. The predicted molar refractivity (Wildman–Crippen MR) is 84.5 cm³/mol. The van der Waals surface area contributed by atoms with Crippen molar-refractivity contribution in [3.05, 3.63) is 0 Å². The van der Waals surface area contributed by atoms with E-state index in [1.165, 1.54) is 10.6 Å². The Balaban J connectivity index is 1.83. The molecule has 2 rings (SSSR count). The minimum absolute atomic E-state index is 0.00124. The van der Waals surface area contributed by atoms with Gasteiger partial charge in [0.1, 0.15) is 0 Å². The molecule has 2 fully saturated rings. The van der Waals surface area contributed by atoms with E-state index in [0.29, 0.717) is 45.3 Å². The number of rotatable bonds is 3. The second-order valence-electron chi connectivity index (χ2n) is 6.51. The molecule has 0 aromatic rings. The van der Waals surface area contributed by atoms with Crippen molar-refractivity contribution in [3.8, 4) is 0 Å². The van der Waals surface area contributed by atoms with Crippen LogP contribution in [0.3, 0.4) is 0 Å². The molecule has 0 bridgehead atoms. The molecular weight excluding hydrogens is 322 g/mol. The Morgan fingerprint density at radius 2 is 1.74 bits per heavy atom. The van der Waals surface area contributed by atoms with Gasteiger partial charge >= 0.3 is 12.0 Å². The van der Waals surface area contributed by atoms with Crippen molar-refractivity contribution in [1.29, 1.82) is 0 Å². The summed E-state index contributed by atoms with van der Waals surface area (Å²) in [5.41, 5.74) is 0. The van der Waals surface area contributed by atoms with E-state index < -0.39 is 16.0 Å². The number of carbonyl (C=O) groups excluding carboxylic acids is 1. The number of hydrogen-bond donors (Lipinski definition) is 2. The predicted octanol–water partition coefficient (Wildman–Crippen LogP) is 0.305. The largest absolute Gasteiger partial charge is 0.481 e. The number of nitrogens with one attached hydrogen (secondary N) is 1. The quantitative estimate of drug-likeness (QED) is 0.764. The number of amides is 2. The van der Waals surface area contributed by atoms with Crippen LogP contribution < -0.4 is 5.32 Å². The molecule has 132 valence electrons. The highest BCUT2D eigenvalue weighted by Crippen LogP contribution is 2.24. The second-order valence-corrected chi connectivity index (χ2v) is 8.44. The summed E-state index contributed by atoms with van der Waals surface area (Å²) in [5, 5.41) is 11.9. The fourth-order valence-corrected chi connectivity index (χ4v) is 4.50. The van der Waals surface area contributed by atoms with Gasteiger partial charge in [-0.3, -0.25) is 4.79 Å². The summed E-state index contributed by atoms with van der Waals surface area (Å²) in [4.78, 5) is 24.9. The van der Waals surface area contributed by atoms with E-state index in [4.69, 9.17) is 5.11 Å². The van der Waals surface area contributed by atoms with Gasteiger partial charge in [-0.15, -0.1) is 0 Å². The van der Waals surface area contributed by atoms with Gasteiger partial charge in [0.25, 0.3) is 0 Å². The van der Waals surface area contributed by atoms with Gasteiger partial charge in [-0.2, -0.15) is 4.31 Å². The highest BCUT2D eigenvalue weighted by molar-refractivity contribution is 7.88. The van der Waals surface area contributed by atoms with Crippen molar-refractivity contribution in [1.82, 2.24) is 14.5 Å². The summed E-state index contributed by atoms with van der Waals surface area (Å²) < 4.78 is 24.7. The Labute approximate surface area is 136 Å². The van der Waals surface area contributed by atoms with Crippen molar-refractivity contribution in [2.45, 2.75) is 44.7 Å². The van der Waals surface area contributed by atoms with E-state index in [0.717, 1.165) is 0 Å². The van der Waals surface area contributed by atoms with E-state index in [1.807, 2.05) is 0 Å². The molecule has 2 aliphatic rings. The molecule has 2 N–H and O–H groups in total. The number of carboxylic acids is 1. The first-order valence-corrected chi connectivity index (χ1v) is 9.78. The van der Waals surface area contributed by atoms with E-state index >= 15 is 0 Å². The molecule has 1 aliphatic carbocycles. The molecule has 2 amide bonds. The van der Waals surface area contributed by atoms with Crippen LogP contribution in [0.2, 0.25) is 0 Å². The Hall–Kier alpha value is -1.35. The van der Waals surface area contributed by atoms with Crippen LogP contribution in [0.5, 0.6) is 0 Å². The number of sulfonamides is 1. The third-order valence-corrected chi connectivity index (χ3v) is 6.08. The maximum atomic E-state index is 12.3. The number of carbonyl (C=O) groups is 2. The fourth-order valence-electron chi connectivity index (χ4n) is 3.37. The topological polar surface area (TPSA) is 107 Å². The van der Waals surface area contributed by atoms with Gasteiger partial charge in [0.2, 0.25) is 10.0 Å². The Kier molecular flexibility index (Phi) is 5.51. The van der Waals surface area contributed by atoms with Crippen molar-refractivity contribution < 1.29 is 23.1 Å². The minimum Gasteiger partial charge on any atom is -0.481 e. The van der Waals surface area contributed by atoms with Gasteiger partial charge in [0.05, 0.1) is 12.2 Å². The van der Waals surface area contributed by atoms with Gasteiger partial charge in [-0.1, -0.05) is 0 Å². The smallest absolute Gasteiger partial charge is 0.317 e. The Morgan fingerprint density at radius 1 is 1.13 bits per heavy atom. The lowest BCUT2D eigenvalue weighted by atomic mass is 9.86. The average molecular weight is 347 g/mol. The fraction of sp³-hybridized carbons (Fsp3) is 0.857. The molecule has 0 unspecified atom stereocenters. The molecule has 1 aliphatic heterocycles. The van der Waals surface area contributed by atoms with E-state index in [-0.39, 0.29) is 24.0 Å². The van der Waals surface area contributed by atoms with Gasteiger partial charge in [0.15, 0.2) is 0 Å². The third kappa shape index (κ3) is 4.57. The number of aliphatic carboxylic acids is 1. The van der Waals surface area contributed by atoms with Gasteiger partial charge in [-0.05, 0) is 32.6 Å². The summed E-state index contributed by atoms with van der Waals surface area (Å²) in [6.45, 7) is 2.83. The number of carboxylic acid groups (broad SMARTS) is 1. The van der Waals surface area contributed by atoms with Crippen LogP contribution in [0.1, 0.15) is 32.6 Å². The summed E-state index contributed by atoms with van der Waals surface area (Å²) >= 11 is 0. The van der Waals surface area contributed by atoms with E-state index in [1.54, 1.807) is 11.8 Å². The highest BCUT2D eigenvalue weighted by Gasteiger charge is 2.33. The SMILES string of the molecule is C[C@H]1CN(C(=O)NC2CCC(C(=O)O)CC2)CCN1S(C)(=O)=O. The van der Waals surface area contributed by atoms with Gasteiger partial charge in [0, 0.05) is 31.7 Å². The zero-order valence-corrected chi connectivity index (χ0v) is 14.4. The van der Waals surface area contributed by atoms with E-state index in [2.05, 4.69) is 5.32 Å². The molecule has 1 saturated carbocycles. The first kappa shape index (κ1) is 18.0. The van der Waals surface area contributed by atoms with Crippen LogP contribution in [0, 0.1) is 5.92 Å². The van der Waals surface area contributed by atoms with Crippen LogP contribution in [0.15, 0.2) is 0 Å². The maximum Gasteiger partial charge on any atom is 0.317 e. The lowest BCUT2D eigenvalue weighted by molar-refractivity contribution is -0.142. The lowest BCUT2D eigenvalue weighted by Gasteiger charge is -2.39. The Morgan fingerprint density at radius 3 is 2.22 bits per heavy atom. The van der Waals surface area contributed by atoms with Crippen LogP contribution in [-0.4, -0.2) is 72.7 Å². The average Bonchev–Trinajstić information content (AvgIpc) is 2.46. The highest BCUT2D eigenvalue weighted by atomic mass is 32.2. The first-order chi connectivity index (χ1) is 10.7. The Bertz CT molecular complexity index is 557. The number of urea groups is 1. The minimum atomic E-state index is -3.25. The van der Waals surface area contributed by atoms with Crippen molar-refractivity contribution >= 4 is 22.0 Å². The van der Waals surface area contributed by atoms with Crippen LogP contribution in [0.4, 0.5) is 4.79 Å². The zero-order chi connectivity index (χ0) is 17.2. The summed E-state index contributed by atoms with van der Waals surface area (Å²) in [6, 6.07) is -0.433. The standard InChI is InChI=1S/C14H25N3O5S/c1-10-9-16(7-8-17(10)23(2,21)22)14(20)15-12-5-3-11(4-6-12)13(18)19/h10-12H,3-9H2,1-2H3,(H,15,20)(H,18,19)/t10-,11?,12?/m0/s1. The van der Waals surface area contributed by atoms with Gasteiger partial charge < -0.3 is 15.3 Å². The zero-order valence-electron chi connectivity index (χ0n) is 13.6. The van der Waals surface area contributed by atoms with Crippen LogP contribution in [0.25, 0.3) is 0 Å². The van der Waals surface area contributed by atoms with Crippen molar-refractivity contribution in [2.24, 2.45) is 5.92 Å². The lowest BCUT2D eigenvalue weighted by Crippen LogP contribution is -2.58. The third-order valence-electron chi connectivity index (χ3n) is 4.68. The summed E-state index contributed by atoms with van der Waals surface area (Å²) in [5.74, 6) is -1.07. The van der Waals surface area contributed by atoms with Crippen molar-refractivity contribution in [3.63, 3.8) is 0 Å². The van der Waals surface area contributed by atoms with Crippen LogP contribution >= 0.6 is 0 Å². The molecule has 8 nitrogen and oxygen atoms in total. The molecule has 23 heavy (non-hydrogen) atoms. The molecule has 9 heteroatoms. The molecule has 1 atom stereocenters. The number of nitrogens with zero attached hydrogens (tertiary/aromatic N) is 2. The second kappa shape index (κ2) is 7.04. The maximum absolute atomic E-state index is 12.3.